The van der Waals surface area contributed by atoms with E-state index in [1.807, 2.05) is 0 Å². The molecular formula is C13H25N. The van der Waals surface area contributed by atoms with Gasteiger partial charge in [-0.25, -0.2) is 0 Å². The summed E-state index contributed by atoms with van der Waals surface area (Å²) in [5.74, 6) is 2.05. The second kappa shape index (κ2) is 4.22. The molecule has 0 aromatic heterocycles. The van der Waals surface area contributed by atoms with Crippen LogP contribution in [0.1, 0.15) is 58.3 Å². The van der Waals surface area contributed by atoms with Crippen LogP contribution in [0, 0.1) is 17.3 Å². The van der Waals surface area contributed by atoms with Gasteiger partial charge in [0.25, 0.3) is 0 Å². The Balaban J connectivity index is 2.04. The van der Waals surface area contributed by atoms with Crippen LogP contribution < -0.4 is 5.73 Å². The highest BCUT2D eigenvalue weighted by Crippen LogP contribution is 2.50. The zero-order valence-corrected chi connectivity index (χ0v) is 9.60. The van der Waals surface area contributed by atoms with E-state index >= 15 is 0 Å². The highest BCUT2D eigenvalue weighted by Gasteiger charge is 2.40. The maximum absolute atomic E-state index is 6.03. The third kappa shape index (κ3) is 1.98. The topological polar surface area (TPSA) is 26.0 Å². The molecule has 1 nitrogen and oxygen atoms in total. The van der Waals surface area contributed by atoms with Crippen LogP contribution in [0.15, 0.2) is 0 Å². The maximum Gasteiger partial charge on any atom is -0.00203 e. The molecule has 0 spiro atoms. The van der Waals surface area contributed by atoms with E-state index in [-0.39, 0.29) is 0 Å². The third-order valence-electron chi connectivity index (χ3n) is 4.55. The van der Waals surface area contributed by atoms with E-state index in [9.17, 15) is 0 Å². The average molecular weight is 195 g/mol. The quantitative estimate of drug-likeness (QED) is 0.734. The van der Waals surface area contributed by atoms with Crippen molar-refractivity contribution in [1.29, 1.82) is 0 Å². The fraction of sp³-hybridized carbons (Fsp3) is 1.00. The van der Waals surface area contributed by atoms with Crippen LogP contribution >= 0.6 is 0 Å². The lowest BCUT2D eigenvalue weighted by molar-refractivity contribution is 0.0535. The number of hydrogen-bond donors (Lipinski definition) is 1. The van der Waals surface area contributed by atoms with Crippen molar-refractivity contribution in [3.05, 3.63) is 0 Å². The fourth-order valence-electron chi connectivity index (χ4n) is 4.08. The van der Waals surface area contributed by atoms with E-state index in [2.05, 4.69) is 6.92 Å². The lowest BCUT2D eigenvalue weighted by Gasteiger charge is -2.47. The fourth-order valence-corrected chi connectivity index (χ4v) is 4.08. The van der Waals surface area contributed by atoms with Gasteiger partial charge in [-0.3, -0.25) is 0 Å². The SMILES string of the molecule is CCCC1(CN)CC2CCCC(C2)C1. The molecule has 82 valence electrons. The van der Waals surface area contributed by atoms with Crippen LogP contribution in [0.2, 0.25) is 0 Å². The van der Waals surface area contributed by atoms with E-state index in [0.717, 1.165) is 18.4 Å². The van der Waals surface area contributed by atoms with Crippen molar-refractivity contribution in [3.63, 3.8) is 0 Å². The molecular weight excluding hydrogens is 170 g/mol. The first-order valence-electron chi connectivity index (χ1n) is 6.48. The van der Waals surface area contributed by atoms with Gasteiger partial charge in [-0.15, -0.1) is 0 Å². The molecule has 2 rings (SSSR count). The number of rotatable bonds is 3. The molecule has 0 radical (unpaired) electrons. The lowest BCUT2D eigenvalue weighted by atomic mass is 9.59. The average Bonchev–Trinajstić information content (AvgIpc) is 2.18. The van der Waals surface area contributed by atoms with Crippen LogP contribution in [-0.2, 0) is 0 Å². The number of fused-ring (bicyclic) bond motifs is 2. The van der Waals surface area contributed by atoms with E-state index < -0.39 is 0 Å². The van der Waals surface area contributed by atoms with Gasteiger partial charge in [0.15, 0.2) is 0 Å². The molecule has 2 N–H and O–H groups in total. The molecule has 1 heteroatoms. The number of nitrogens with two attached hydrogens (primary N) is 1. The maximum atomic E-state index is 6.03. The van der Waals surface area contributed by atoms with Gasteiger partial charge in [-0.2, -0.15) is 0 Å². The Bertz CT molecular complexity index is 176. The van der Waals surface area contributed by atoms with E-state index in [1.54, 1.807) is 0 Å². The molecule has 0 heterocycles. The summed E-state index contributed by atoms with van der Waals surface area (Å²) in [6, 6.07) is 0. The Morgan fingerprint density at radius 2 is 1.86 bits per heavy atom. The Morgan fingerprint density at radius 3 is 2.36 bits per heavy atom. The molecule has 2 aliphatic rings. The molecule has 0 aromatic rings. The molecule has 2 aliphatic carbocycles. The molecule has 0 amide bonds. The van der Waals surface area contributed by atoms with Crippen molar-refractivity contribution < 1.29 is 0 Å². The molecule has 0 aromatic carbocycles. The molecule has 2 unspecified atom stereocenters. The van der Waals surface area contributed by atoms with Gasteiger partial charge in [0.05, 0.1) is 0 Å². The Morgan fingerprint density at radius 1 is 1.21 bits per heavy atom. The van der Waals surface area contributed by atoms with Gasteiger partial charge >= 0.3 is 0 Å². The minimum absolute atomic E-state index is 0.544. The van der Waals surface area contributed by atoms with E-state index in [1.165, 1.54) is 51.4 Å². The standard InChI is InChI=1S/C13H25N/c1-2-6-13(10-14)8-11-4-3-5-12(7-11)9-13/h11-12H,2-10,14H2,1H3. The smallest absolute Gasteiger partial charge is 0.00203 e. The summed E-state index contributed by atoms with van der Waals surface area (Å²) in [5, 5.41) is 0. The van der Waals surface area contributed by atoms with E-state index in [4.69, 9.17) is 5.73 Å². The van der Waals surface area contributed by atoms with Crippen LogP contribution in [0.5, 0.6) is 0 Å². The minimum atomic E-state index is 0.544. The predicted molar refractivity (Wildman–Crippen MR) is 61.1 cm³/mol. The van der Waals surface area contributed by atoms with Crippen molar-refractivity contribution in [3.8, 4) is 0 Å². The Kier molecular flexibility index (Phi) is 3.16. The molecule has 14 heavy (non-hydrogen) atoms. The predicted octanol–water partition coefficient (Wildman–Crippen LogP) is 3.33. The van der Waals surface area contributed by atoms with Crippen molar-refractivity contribution in [1.82, 2.24) is 0 Å². The number of hydrogen-bond acceptors (Lipinski definition) is 1. The van der Waals surface area contributed by atoms with Crippen LogP contribution in [0.4, 0.5) is 0 Å². The van der Waals surface area contributed by atoms with E-state index in [0.29, 0.717) is 5.41 Å². The highest BCUT2D eigenvalue weighted by atomic mass is 14.6. The summed E-state index contributed by atoms with van der Waals surface area (Å²) in [5.41, 5.74) is 6.57. The Labute approximate surface area is 88.4 Å². The van der Waals surface area contributed by atoms with Gasteiger partial charge in [-0.1, -0.05) is 32.6 Å². The minimum Gasteiger partial charge on any atom is -0.330 e. The summed E-state index contributed by atoms with van der Waals surface area (Å²) in [6.07, 6.45) is 11.5. The molecule has 0 aliphatic heterocycles. The van der Waals surface area contributed by atoms with Gasteiger partial charge in [-0.05, 0) is 49.5 Å². The summed E-state index contributed by atoms with van der Waals surface area (Å²) in [4.78, 5) is 0. The zero-order chi connectivity index (χ0) is 10.0. The third-order valence-corrected chi connectivity index (χ3v) is 4.55. The summed E-state index contributed by atoms with van der Waals surface area (Å²) < 4.78 is 0. The monoisotopic (exact) mass is 195 g/mol. The Hall–Kier alpha value is -0.0400. The van der Waals surface area contributed by atoms with Crippen molar-refractivity contribution >= 4 is 0 Å². The summed E-state index contributed by atoms with van der Waals surface area (Å²) >= 11 is 0. The van der Waals surface area contributed by atoms with Gasteiger partial charge in [0, 0.05) is 0 Å². The van der Waals surface area contributed by atoms with Crippen molar-refractivity contribution in [2.45, 2.75) is 58.3 Å². The molecule has 2 fully saturated rings. The normalized spacial score (nSPS) is 42.4. The first-order chi connectivity index (χ1) is 6.78. The van der Waals surface area contributed by atoms with Gasteiger partial charge in [0.2, 0.25) is 0 Å². The lowest BCUT2D eigenvalue weighted by Crippen LogP contribution is -2.40. The molecule has 0 saturated heterocycles. The van der Waals surface area contributed by atoms with Gasteiger partial charge in [0.1, 0.15) is 0 Å². The van der Waals surface area contributed by atoms with Gasteiger partial charge < -0.3 is 5.73 Å². The summed E-state index contributed by atoms with van der Waals surface area (Å²) in [6.45, 7) is 3.25. The van der Waals surface area contributed by atoms with Crippen molar-refractivity contribution in [2.75, 3.05) is 6.54 Å². The summed E-state index contributed by atoms with van der Waals surface area (Å²) in [7, 11) is 0. The molecule has 2 saturated carbocycles. The first-order valence-corrected chi connectivity index (χ1v) is 6.48. The largest absolute Gasteiger partial charge is 0.330 e. The highest BCUT2D eigenvalue weighted by molar-refractivity contribution is 4.92. The van der Waals surface area contributed by atoms with Crippen LogP contribution in [-0.4, -0.2) is 6.54 Å². The molecule has 2 atom stereocenters. The molecule has 2 bridgehead atoms. The van der Waals surface area contributed by atoms with Crippen LogP contribution in [0.25, 0.3) is 0 Å². The van der Waals surface area contributed by atoms with Crippen molar-refractivity contribution in [2.24, 2.45) is 23.0 Å². The zero-order valence-electron chi connectivity index (χ0n) is 9.60. The second-order valence-electron chi connectivity index (χ2n) is 5.76. The second-order valence-corrected chi connectivity index (χ2v) is 5.76. The van der Waals surface area contributed by atoms with Crippen LogP contribution in [0.3, 0.4) is 0 Å². The first kappa shape index (κ1) is 10.5.